The number of furan rings is 1. The Kier molecular flexibility index (Phi) is 4.91. The number of amides is 1. The minimum atomic E-state index is -0.283. The van der Waals surface area contributed by atoms with Gasteiger partial charge in [0.15, 0.2) is 5.76 Å². The Labute approximate surface area is 156 Å². The average molecular weight is 453 g/mol. The lowest BCUT2D eigenvalue weighted by atomic mass is 10.3. The van der Waals surface area contributed by atoms with Crippen LogP contribution in [-0.4, -0.2) is 15.7 Å². The van der Waals surface area contributed by atoms with Gasteiger partial charge in [-0.3, -0.25) is 9.48 Å². The van der Waals surface area contributed by atoms with E-state index in [1.165, 1.54) is 0 Å². The number of rotatable bonds is 4. The van der Waals surface area contributed by atoms with Crippen LogP contribution in [0.3, 0.4) is 0 Å². The molecule has 1 amide bonds. The highest BCUT2D eigenvalue weighted by atomic mass is 79.9. The maximum absolute atomic E-state index is 12.3. The number of aryl methyl sites for hydroxylation is 1. The third-order valence-electron chi connectivity index (χ3n) is 3.57. The molecule has 1 aromatic carbocycles. The third kappa shape index (κ3) is 3.62. The molecule has 0 saturated heterocycles. The highest BCUT2D eigenvalue weighted by Gasteiger charge is 2.14. The lowest BCUT2D eigenvalue weighted by Gasteiger charge is -2.04. The fraction of sp³-hybridized carbons (Fsp3) is 0.176. The molecule has 0 fully saturated rings. The summed E-state index contributed by atoms with van der Waals surface area (Å²) in [6, 6.07) is 10.9. The first-order valence-electron chi connectivity index (χ1n) is 7.29. The first-order chi connectivity index (χ1) is 11.4. The Balaban J connectivity index is 1.73. The molecular weight excluding hydrogens is 438 g/mol. The lowest BCUT2D eigenvalue weighted by Crippen LogP contribution is -2.10. The van der Waals surface area contributed by atoms with E-state index in [4.69, 9.17) is 4.42 Å². The normalized spacial score (nSPS) is 10.8. The Hall–Kier alpha value is -1.86. The topological polar surface area (TPSA) is 60.1 Å². The molecule has 0 aliphatic heterocycles. The van der Waals surface area contributed by atoms with Crippen molar-refractivity contribution in [3.8, 4) is 0 Å². The summed E-state index contributed by atoms with van der Waals surface area (Å²) in [6.07, 6.45) is 0. The van der Waals surface area contributed by atoms with Crippen molar-refractivity contribution < 1.29 is 9.21 Å². The number of halogens is 2. The Bertz CT molecular complexity index is 899. The monoisotopic (exact) mass is 451 g/mol. The Morgan fingerprint density at radius 2 is 2.04 bits per heavy atom. The van der Waals surface area contributed by atoms with E-state index in [0.717, 1.165) is 20.3 Å². The SMILES string of the molecule is Cc1nn(Cc2ccc(C(=O)Nc3cccc(Br)c3)o2)c(C)c1Br. The summed E-state index contributed by atoms with van der Waals surface area (Å²) in [5.41, 5.74) is 2.64. The average Bonchev–Trinajstić information content (AvgIpc) is 3.09. The van der Waals surface area contributed by atoms with Crippen molar-refractivity contribution in [1.82, 2.24) is 9.78 Å². The molecule has 124 valence electrons. The molecule has 3 rings (SSSR count). The van der Waals surface area contributed by atoms with E-state index < -0.39 is 0 Å². The van der Waals surface area contributed by atoms with Gasteiger partial charge < -0.3 is 9.73 Å². The zero-order valence-corrected chi connectivity index (χ0v) is 16.3. The van der Waals surface area contributed by atoms with Gasteiger partial charge in [-0.2, -0.15) is 5.10 Å². The van der Waals surface area contributed by atoms with Gasteiger partial charge in [0.1, 0.15) is 5.76 Å². The highest BCUT2D eigenvalue weighted by molar-refractivity contribution is 9.10. The maximum Gasteiger partial charge on any atom is 0.291 e. The van der Waals surface area contributed by atoms with E-state index in [1.54, 1.807) is 12.1 Å². The number of carbonyl (C=O) groups excluding carboxylic acids is 1. The molecular formula is C17H15Br2N3O2. The molecule has 0 unspecified atom stereocenters. The third-order valence-corrected chi connectivity index (χ3v) is 5.21. The summed E-state index contributed by atoms with van der Waals surface area (Å²) in [4.78, 5) is 12.3. The van der Waals surface area contributed by atoms with Gasteiger partial charge in [-0.05, 0) is 60.1 Å². The van der Waals surface area contributed by atoms with Gasteiger partial charge in [-0.15, -0.1) is 0 Å². The fourth-order valence-corrected chi connectivity index (χ4v) is 3.00. The molecule has 0 spiro atoms. The summed E-state index contributed by atoms with van der Waals surface area (Å²) in [5, 5.41) is 7.25. The van der Waals surface area contributed by atoms with Crippen LogP contribution in [0.25, 0.3) is 0 Å². The van der Waals surface area contributed by atoms with E-state index in [0.29, 0.717) is 18.0 Å². The largest absolute Gasteiger partial charge is 0.454 e. The molecule has 0 atom stereocenters. The number of nitrogens with one attached hydrogen (secondary N) is 1. The van der Waals surface area contributed by atoms with Crippen LogP contribution in [0.1, 0.15) is 27.7 Å². The van der Waals surface area contributed by atoms with Crippen LogP contribution < -0.4 is 5.32 Å². The molecule has 3 aromatic rings. The minimum absolute atomic E-state index is 0.269. The molecule has 0 aliphatic carbocycles. The van der Waals surface area contributed by atoms with Crippen LogP contribution in [0, 0.1) is 13.8 Å². The Morgan fingerprint density at radius 1 is 1.25 bits per heavy atom. The number of anilines is 1. The number of carbonyl (C=O) groups is 1. The van der Waals surface area contributed by atoms with Crippen molar-refractivity contribution in [1.29, 1.82) is 0 Å². The molecule has 2 heterocycles. The van der Waals surface area contributed by atoms with Gasteiger partial charge in [0.05, 0.1) is 22.4 Å². The lowest BCUT2D eigenvalue weighted by molar-refractivity contribution is 0.0994. The number of benzene rings is 1. The molecule has 1 N–H and O–H groups in total. The van der Waals surface area contributed by atoms with Gasteiger partial charge in [0.25, 0.3) is 5.91 Å². The van der Waals surface area contributed by atoms with Crippen LogP contribution in [0.2, 0.25) is 0 Å². The fourth-order valence-electron chi connectivity index (χ4n) is 2.32. The predicted octanol–water partition coefficient (Wildman–Crippen LogP) is 4.92. The smallest absolute Gasteiger partial charge is 0.291 e. The van der Waals surface area contributed by atoms with E-state index in [9.17, 15) is 4.79 Å². The van der Waals surface area contributed by atoms with E-state index in [1.807, 2.05) is 42.8 Å². The van der Waals surface area contributed by atoms with Crippen molar-refractivity contribution in [3.05, 3.63) is 68.3 Å². The Morgan fingerprint density at radius 3 is 2.71 bits per heavy atom. The highest BCUT2D eigenvalue weighted by Crippen LogP contribution is 2.21. The second-order valence-corrected chi connectivity index (χ2v) is 7.08. The van der Waals surface area contributed by atoms with Crippen LogP contribution in [-0.2, 0) is 6.54 Å². The molecule has 0 saturated carbocycles. The molecule has 24 heavy (non-hydrogen) atoms. The van der Waals surface area contributed by atoms with E-state index in [-0.39, 0.29) is 11.7 Å². The molecule has 0 aliphatic rings. The van der Waals surface area contributed by atoms with Crippen molar-refractivity contribution in [2.75, 3.05) is 5.32 Å². The van der Waals surface area contributed by atoms with Crippen LogP contribution >= 0.6 is 31.9 Å². The van der Waals surface area contributed by atoms with E-state index >= 15 is 0 Å². The minimum Gasteiger partial charge on any atom is -0.454 e. The molecule has 7 heteroatoms. The van der Waals surface area contributed by atoms with Gasteiger partial charge in [-0.1, -0.05) is 22.0 Å². The molecule has 2 aromatic heterocycles. The predicted molar refractivity (Wildman–Crippen MR) is 99.3 cm³/mol. The van der Waals surface area contributed by atoms with Crippen molar-refractivity contribution >= 4 is 43.5 Å². The second-order valence-electron chi connectivity index (χ2n) is 5.37. The second kappa shape index (κ2) is 6.94. The molecule has 5 nitrogen and oxygen atoms in total. The van der Waals surface area contributed by atoms with Gasteiger partial charge in [-0.25, -0.2) is 0 Å². The van der Waals surface area contributed by atoms with Gasteiger partial charge in [0, 0.05) is 10.2 Å². The maximum atomic E-state index is 12.3. The number of nitrogens with zero attached hydrogens (tertiary/aromatic N) is 2. The zero-order chi connectivity index (χ0) is 17.3. The molecule has 0 radical (unpaired) electrons. The first kappa shape index (κ1) is 17.0. The standard InChI is InChI=1S/C17H15Br2N3O2/c1-10-16(19)11(2)22(21-10)9-14-6-7-15(24-14)17(23)20-13-5-3-4-12(18)8-13/h3-8H,9H2,1-2H3,(H,20,23). The van der Waals surface area contributed by atoms with Crippen molar-refractivity contribution in [2.24, 2.45) is 0 Å². The summed E-state index contributed by atoms with van der Waals surface area (Å²) >= 11 is 6.88. The quantitative estimate of drug-likeness (QED) is 0.611. The summed E-state index contributed by atoms with van der Waals surface area (Å²) in [7, 11) is 0. The van der Waals surface area contributed by atoms with E-state index in [2.05, 4.69) is 42.3 Å². The van der Waals surface area contributed by atoms with Crippen LogP contribution in [0.4, 0.5) is 5.69 Å². The van der Waals surface area contributed by atoms with Crippen LogP contribution in [0.15, 0.2) is 49.8 Å². The van der Waals surface area contributed by atoms with Crippen molar-refractivity contribution in [3.63, 3.8) is 0 Å². The summed E-state index contributed by atoms with van der Waals surface area (Å²) < 4.78 is 9.38. The number of hydrogen-bond acceptors (Lipinski definition) is 3. The van der Waals surface area contributed by atoms with Crippen molar-refractivity contribution in [2.45, 2.75) is 20.4 Å². The summed E-state index contributed by atoms with van der Waals surface area (Å²) in [5.74, 6) is 0.659. The van der Waals surface area contributed by atoms with Crippen LogP contribution in [0.5, 0.6) is 0 Å². The number of aromatic nitrogens is 2. The molecule has 0 bridgehead atoms. The van der Waals surface area contributed by atoms with Gasteiger partial charge in [0.2, 0.25) is 0 Å². The zero-order valence-electron chi connectivity index (χ0n) is 13.1. The number of hydrogen-bond donors (Lipinski definition) is 1. The first-order valence-corrected chi connectivity index (χ1v) is 8.88. The summed E-state index contributed by atoms with van der Waals surface area (Å²) in [6.45, 7) is 4.39. The van der Waals surface area contributed by atoms with Gasteiger partial charge >= 0.3 is 0 Å².